The number of ether oxygens (including phenoxy) is 12. The number of rotatable bonds is 23. The molecule has 26 heteroatoms. The maximum Gasteiger partial charge on any atom is 0.230 e. The molecule has 6 fully saturated rings. The molecule has 3 spiro atoms. The molecule has 0 saturated carbocycles. The molecule has 0 bridgehead atoms. The Kier molecular flexibility index (Phi) is 20.2. The highest BCUT2D eigenvalue weighted by Gasteiger charge is 2.51. The topological polar surface area (TPSA) is 258 Å². The lowest BCUT2D eigenvalue weighted by atomic mass is 9.77. The first-order valence-corrected chi connectivity index (χ1v) is 36.8. The Bertz CT molecular complexity index is 5040. The van der Waals surface area contributed by atoms with Crippen LogP contribution >= 0.6 is 0 Å². The Morgan fingerprint density at radius 1 is 0.472 bits per heavy atom. The third-order valence-electron chi connectivity index (χ3n) is 21.5. The molecule has 9 aliphatic rings. The Balaban J connectivity index is 0.000000124. The number of pyridine rings is 2. The van der Waals surface area contributed by atoms with Crippen LogP contribution < -0.4 is 42.6 Å². The Morgan fingerprint density at radius 2 is 0.917 bits per heavy atom. The SMILES string of the molecule is COc1cc2c(Oc3ccc4c(c3F)C=C(C)C4)ncnc2cc1OCCCN1CCC2(CC1)COC2.COc1cc2c(Oc3cnc4c(c3)C=C(C)C4)ncnc2cc1OCCC(=O)N1CC2(COC2)C1.COc1cc2c(Oc3cnc4c(c3)C=C(C)C4)ncnc2cc1OCCCC(=O)N1CC2(COC2)C1. The van der Waals surface area contributed by atoms with Crippen LogP contribution in [0, 0.1) is 22.1 Å². The van der Waals surface area contributed by atoms with Crippen molar-refractivity contribution < 1.29 is 70.8 Å². The quantitative estimate of drug-likeness (QED) is 0.0539. The molecular formula is C82H86FN11O14. The number of methoxy groups -OCH3 is 3. The van der Waals surface area contributed by atoms with Crippen LogP contribution in [0.1, 0.15) is 92.9 Å². The second kappa shape index (κ2) is 30.5. The number of benzene rings is 4. The van der Waals surface area contributed by atoms with Gasteiger partial charge in [-0.3, -0.25) is 19.6 Å². The molecule has 25 nitrogen and oxygen atoms in total. The molecule has 0 atom stereocenters. The van der Waals surface area contributed by atoms with Crippen LogP contribution in [-0.2, 0) is 43.1 Å². The molecule has 11 heterocycles. The zero-order valence-electron chi connectivity index (χ0n) is 61.6. The number of amides is 2. The maximum atomic E-state index is 15.1. The van der Waals surface area contributed by atoms with Crippen LogP contribution in [0.2, 0.25) is 0 Å². The Labute approximate surface area is 624 Å². The van der Waals surface area contributed by atoms with E-state index < -0.39 is 0 Å². The van der Waals surface area contributed by atoms with Gasteiger partial charge in [0.2, 0.25) is 29.5 Å². The highest BCUT2D eigenvalue weighted by atomic mass is 19.1. The monoisotopic (exact) mass is 1470 g/mol. The summed E-state index contributed by atoms with van der Waals surface area (Å²) in [7, 11) is 4.76. The zero-order valence-corrected chi connectivity index (χ0v) is 61.6. The number of hydrogen-bond acceptors (Lipinski definition) is 23. The number of fused-ring (bicyclic) bond motifs is 6. The van der Waals surface area contributed by atoms with Crippen LogP contribution in [0.25, 0.3) is 50.9 Å². The first-order valence-electron chi connectivity index (χ1n) is 36.8. The summed E-state index contributed by atoms with van der Waals surface area (Å²) in [5.74, 6) is 5.66. The van der Waals surface area contributed by atoms with Gasteiger partial charge < -0.3 is 71.5 Å². The number of piperidine rings is 1. The van der Waals surface area contributed by atoms with Crippen molar-refractivity contribution in [3.05, 3.63) is 148 Å². The summed E-state index contributed by atoms with van der Waals surface area (Å²) in [6, 6.07) is 18.3. The van der Waals surface area contributed by atoms with Gasteiger partial charge in [0.15, 0.2) is 46.1 Å². The summed E-state index contributed by atoms with van der Waals surface area (Å²) in [4.78, 5) is 66.3. The van der Waals surface area contributed by atoms with Crippen molar-refractivity contribution in [1.82, 2.24) is 54.6 Å². The maximum absolute atomic E-state index is 15.1. The van der Waals surface area contributed by atoms with E-state index in [0.717, 1.165) is 145 Å². The van der Waals surface area contributed by atoms with Gasteiger partial charge in [0.1, 0.15) is 30.5 Å². The molecule has 560 valence electrons. The number of carbonyl (C=O) groups excluding carboxylic acids is 2. The van der Waals surface area contributed by atoms with E-state index in [2.05, 4.69) is 70.8 Å². The second-order valence-electron chi connectivity index (χ2n) is 29.8. The van der Waals surface area contributed by atoms with E-state index in [4.69, 9.17) is 56.8 Å². The lowest BCUT2D eigenvalue weighted by Crippen LogP contribution is -2.67. The number of carbonyl (C=O) groups is 2. The van der Waals surface area contributed by atoms with Crippen LogP contribution in [0.5, 0.6) is 69.4 Å². The molecule has 9 aromatic rings. The lowest BCUT2D eigenvalue weighted by molar-refractivity contribution is -0.195. The van der Waals surface area contributed by atoms with E-state index in [1.807, 2.05) is 59.2 Å². The van der Waals surface area contributed by atoms with Crippen molar-refractivity contribution in [3.63, 3.8) is 0 Å². The summed E-state index contributed by atoms with van der Waals surface area (Å²) in [6.45, 7) is 18.8. The smallest absolute Gasteiger partial charge is 0.230 e. The predicted molar refractivity (Wildman–Crippen MR) is 399 cm³/mol. The van der Waals surface area contributed by atoms with E-state index in [9.17, 15) is 9.59 Å². The third kappa shape index (κ3) is 15.2. The fraction of sp³-hybridized carbons (Fsp3) is 0.415. The summed E-state index contributed by atoms with van der Waals surface area (Å²) in [6.07, 6.45) is 21.1. The third-order valence-corrected chi connectivity index (χ3v) is 21.5. The molecule has 18 rings (SSSR count). The number of halogens is 1. The molecular weight excluding hydrogens is 1380 g/mol. The van der Waals surface area contributed by atoms with Crippen molar-refractivity contribution in [3.8, 4) is 69.4 Å². The molecule has 4 aromatic carbocycles. The van der Waals surface area contributed by atoms with Crippen molar-refractivity contribution in [2.75, 3.05) is 127 Å². The number of hydrogen-bond donors (Lipinski definition) is 0. The van der Waals surface area contributed by atoms with Gasteiger partial charge in [0, 0.05) is 81.2 Å². The normalized spacial score (nSPS) is 17.7. The van der Waals surface area contributed by atoms with Gasteiger partial charge >= 0.3 is 0 Å². The summed E-state index contributed by atoms with van der Waals surface area (Å²) >= 11 is 0. The van der Waals surface area contributed by atoms with Gasteiger partial charge in [-0.1, -0.05) is 41.0 Å². The minimum Gasteiger partial charge on any atom is -0.493 e. The largest absolute Gasteiger partial charge is 0.493 e. The first-order chi connectivity index (χ1) is 52.6. The summed E-state index contributed by atoms with van der Waals surface area (Å²) < 4.78 is 84.0. The standard InChI is InChI=1S/C29H32FN3O4.C27H28N4O5.C26H26N4O5/c1-19-12-20-4-5-24(27(30)21(20)13-19)37-28-22-14-25(34-2)26(15-23(22)31-18-32-28)36-11-3-8-33-9-6-29(7-10-33)16-35-17-29;1-17-6-18-8-19(11-28-21(18)7-17)36-26-20-9-23(33-2)24(10-22(20)29-16-30-26)35-5-3-4-25(32)31-12-27(13-31)14-34-15-27;1-16-5-17-7-18(10-27-20(17)6-16)35-25-19-8-22(32-2)23(9-21(19)28-15-29-25)34-4-3-24(31)30-11-26(12-30)13-33-14-26/h4-5,13-15,18H,3,6-12,16-17H2,1-2H3;6,8-11,16H,3-5,7,12-15H2,1-2H3;5,7-10,15H,3-4,6,11-14H2,1-2H3. The van der Waals surface area contributed by atoms with Crippen molar-refractivity contribution in [2.45, 2.75) is 78.6 Å². The number of allylic oxidation sites excluding steroid dienone is 3. The van der Waals surface area contributed by atoms with E-state index in [0.29, 0.717) is 134 Å². The first kappa shape index (κ1) is 71.6. The molecule has 3 aliphatic carbocycles. The van der Waals surface area contributed by atoms with Crippen LogP contribution in [0.3, 0.4) is 0 Å². The summed E-state index contributed by atoms with van der Waals surface area (Å²) in [5, 5.41) is 2.02. The van der Waals surface area contributed by atoms with Crippen LogP contribution in [0.15, 0.2) is 109 Å². The van der Waals surface area contributed by atoms with Crippen molar-refractivity contribution in [1.29, 1.82) is 0 Å². The Morgan fingerprint density at radius 3 is 1.38 bits per heavy atom. The van der Waals surface area contributed by atoms with Crippen LogP contribution in [0.4, 0.5) is 4.39 Å². The number of aromatic nitrogens is 8. The zero-order chi connectivity index (χ0) is 74.1. The molecule has 0 radical (unpaired) electrons. The molecule has 5 aromatic heterocycles. The molecule has 108 heavy (non-hydrogen) atoms. The summed E-state index contributed by atoms with van der Waals surface area (Å²) in [5.41, 5.74) is 12.3. The van der Waals surface area contributed by atoms with E-state index in [-0.39, 0.29) is 46.7 Å². The average Bonchev–Trinajstić information content (AvgIpc) is 1.06. The van der Waals surface area contributed by atoms with E-state index in [1.54, 1.807) is 58.0 Å². The van der Waals surface area contributed by atoms with Gasteiger partial charge in [0.25, 0.3) is 0 Å². The molecule has 2 amide bonds. The van der Waals surface area contributed by atoms with Gasteiger partial charge in [-0.2, -0.15) is 0 Å². The number of likely N-dealkylation sites (tertiary alicyclic amines) is 3. The minimum absolute atomic E-state index is 0.0910. The fourth-order valence-electron chi connectivity index (χ4n) is 15.3. The highest BCUT2D eigenvalue weighted by Crippen LogP contribution is 2.45. The highest BCUT2D eigenvalue weighted by molar-refractivity contribution is 5.89. The average molecular weight is 1470 g/mol. The fourth-order valence-corrected chi connectivity index (χ4v) is 15.3. The van der Waals surface area contributed by atoms with Crippen molar-refractivity contribution >= 4 is 62.8 Å². The lowest BCUT2D eigenvalue weighted by Gasteiger charge is -2.55. The second-order valence-corrected chi connectivity index (χ2v) is 29.8. The van der Waals surface area contributed by atoms with Crippen LogP contribution in [-0.4, -0.2) is 193 Å². The van der Waals surface area contributed by atoms with E-state index >= 15 is 4.39 Å². The minimum atomic E-state index is -0.377. The van der Waals surface area contributed by atoms with Crippen molar-refractivity contribution in [2.24, 2.45) is 16.2 Å². The predicted octanol–water partition coefficient (Wildman–Crippen LogP) is 12.6. The molecule has 6 aliphatic heterocycles. The molecule has 0 N–H and O–H groups in total. The molecule has 6 saturated heterocycles. The Hall–Kier alpha value is -10.7. The number of nitrogens with zero attached hydrogens (tertiary/aromatic N) is 11. The van der Waals surface area contributed by atoms with Gasteiger partial charge in [-0.25, -0.2) is 34.3 Å². The van der Waals surface area contributed by atoms with E-state index in [1.165, 1.54) is 43.0 Å². The van der Waals surface area contributed by atoms with Gasteiger partial charge in [0.05, 0.1) is 155 Å². The molecule has 0 unspecified atom stereocenters. The van der Waals surface area contributed by atoms with Gasteiger partial charge in [-0.05, 0) is 119 Å². The van der Waals surface area contributed by atoms with Gasteiger partial charge in [-0.15, -0.1) is 0 Å².